The zero-order valence-corrected chi connectivity index (χ0v) is 11.5. The van der Waals surface area contributed by atoms with Crippen LogP contribution in [0.4, 0.5) is 4.79 Å². The first-order chi connectivity index (χ1) is 9.56. The molecule has 1 aliphatic rings. The molecular weight excluding hydrogens is 260 g/mol. The zero-order valence-electron chi connectivity index (χ0n) is 11.5. The summed E-state index contributed by atoms with van der Waals surface area (Å²) in [4.78, 5) is 31.5. The topological polar surface area (TPSA) is 98.3 Å². The summed E-state index contributed by atoms with van der Waals surface area (Å²) in [5, 5.41) is 11.6. The molecular formula is C13H20N4O3. The highest BCUT2D eigenvalue weighted by Gasteiger charge is 2.25. The predicted molar refractivity (Wildman–Crippen MR) is 72.1 cm³/mol. The maximum atomic E-state index is 12.1. The van der Waals surface area contributed by atoms with Gasteiger partial charge in [-0.05, 0) is 25.7 Å². The lowest BCUT2D eigenvalue weighted by Gasteiger charge is -2.32. The Morgan fingerprint density at radius 3 is 2.80 bits per heavy atom. The molecule has 1 atom stereocenters. The van der Waals surface area contributed by atoms with Gasteiger partial charge in [-0.1, -0.05) is 0 Å². The molecule has 7 heteroatoms. The van der Waals surface area contributed by atoms with Crippen LogP contribution in [-0.2, 0) is 4.79 Å². The minimum atomic E-state index is -0.764. The Balaban J connectivity index is 1.78. The highest BCUT2D eigenvalue weighted by Crippen LogP contribution is 2.20. The molecule has 1 aromatic rings. The Hall–Kier alpha value is -2.05. The first-order valence-corrected chi connectivity index (χ1v) is 6.82. The molecule has 7 nitrogen and oxygen atoms in total. The SMILES string of the molecule is CC(NC(=O)N1CCC(CC(=O)O)CC1)c1ncc[nH]1. The van der Waals surface area contributed by atoms with E-state index in [0.717, 1.165) is 18.7 Å². The maximum absolute atomic E-state index is 12.1. The maximum Gasteiger partial charge on any atom is 0.317 e. The van der Waals surface area contributed by atoms with Crippen molar-refractivity contribution in [3.63, 3.8) is 0 Å². The number of nitrogens with one attached hydrogen (secondary N) is 2. The van der Waals surface area contributed by atoms with Gasteiger partial charge in [-0.25, -0.2) is 9.78 Å². The Kier molecular flexibility index (Phi) is 4.60. The smallest absolute Gasteiger partial charge is 0.317 e. The number of urea groups is 1. The van der Waals surface area contributed by atoms with Crippen molar-refractivity contribution in [1.29, 1.82) is 0 Å². The summed E-state index contributed by atoms with van der Waals surface area (Å²) in [6, 6.07) is -0.295. The van der Waals surface area contributed by atoms with Crippen molar-refractivity contribution in [2.45, 2.75) is 32.2 Å². The molecule has 2 rings (SSSR count). The van der Waals surface area contributed by atoms with Gasteiger partial charge in [0.15, 0.2) is 0 Å². The van der Waals surface area contributed by atoms with Gasteiger partial charge >= 0.3 is 12.0 Å². The van der Waals surface area contributed by atoms with Gasteiger partial charge in [-0.15, -0.1) is 0 Å². The fourth-order valence-electron chi connectivity index (χ4n) is 2.45. The van der Waals surface area contributed by atoms with E-state index in [2.05, 4.69) is 15.3 Å². The number of H-pyrrole nitrogens is 1. The van der Waals surface area contributed by atoms with E-state index >= 15 is 0 Å². The van der Waals surface area contributed by atoms with Gasteiger partial charge in [-0.3, -0.25) is 4.79 Å². The van der Waals surface area contributed by atoms with Gasteiger partial charge in [-0.2, -0.15) is 0 Å². The van der Waals surface area contributed by atoms with Gasteiger partial charge in [0.1, 0.15) is 5.82 Å². The molecule has 0 aliphatic carbocycles. The fourth-order valence-corrected chi connectivity index (χ4v) is 2.45. The van der Waals surface area contributed by atoms with E-state index in [-0.39, 0.29) is 24.4 Å². The molecule has 0 aromatic carbocycles. The molecule has 3 N–H and O–H groups in total. The lowest BCUT2D eigenvalue weighted by molar-refractivity contribution is -0.138. The molecule has 2 amide bonds. The standard InChI is InChI=1S/C13H20N4O3/c1-9(12-14-4-5-15-12)16-13(20)17-6-2-10(3-7-17)8-11(18)19/h4-5,9-10H,2-3,6-8H2,1H3,(H,14,15)(H,16,20)(H,18,19). The van der Waals surface area contributed by atoms with Crippen LogP contribution < -0.4 is 5.32 Å². The minimum absolute atomic E-state index is 0.123. The summed E-state index contributed by atoms with van der Waals surface area (Å²) in [6.07, 6.45) is 5.05. The first-order valence-electron chi connectivity index (χ1n) is 6.82. The number of piperidine rings is 1. The predicted octanol–water partition coefficient (Wildman–Crippen LogP) is 1.37. The number of hydrogen-bond acceptors (Lipinski definition) is 3. The Labute approximate surface area is 117 Å². The number of amides is 2. The molecule has 1 unspecified atom stereocenters. The molecule has 1 saturated heterocycles. The number of nitrogens with zero attached hydrogens (tertiary/aromatic N) is 2. The van der Waals surface area contributed by atoms with Crippen LogP contribution in [0.2, 0.25) is 0 Å². The van der Waals surface area contributed by atoms with Gasteiger partial charge in [0.2, 0.25) is 0 Å². The molecule has 110 valence electrons. The molecule has 0 bridgehead atoms. The summed E-state index contributed by atoms with van der Waals surface area (Å²) < 4.78 is 0. The van der Waals surface area contributed by atoms with Crippen molar-refractivity contribution in [2.24, 2.45) is 5.92 Å². The summed E-state index contributed by atoms with van der Waals surface area (Å²) in [7, 11) is 0. The van der Waals surface area contributed by atoms with Gasteiger partial charge in [0, 0.05) is 31.9 Å². The third-order valence-electron chi connectivity index (χ3n) is 3.63. The lowest BCUT2D eigenvalue weighted by atomic mass is 9.94. The van der Waals surface area contributed by atoms with Crippen LogP contribution >= 0.6 is 0 Å². The zero-order chi connectivity index (χ0) is 14.5. The number of aromatic amines is 1. The molecule has 0 radical (unpaired) electrons. The van der Waals surface area contributed by atoms with Gasteiger partial charge in [0.05, 0.1) is 6.04 Å². The molecule has 0 saturated carbocycles. The van der Waals surface area contributed by atoms with Crippen molar-refractivity contribution >= 4 is 12.0 Å². The average molecular weight is 280 g/mol. The number of aromatic nitrogens is 2. The third kappa shape index (κ3) is 3.72. The highest BCUT2D eigenvalue weighted by molar-refractivity contribution is 5.74. The van der Waals surface area contributed by atoms with Crippen molar-refractivity contribution in [1.82, 2.24) is 20.2 Å². The molecule has 1 aromatic heterocycles. The van der Waals surface area contributed by atoms with E-state index < -0.39 is 5.97 Å². The monoisotopic (exact) mass is 280 g/mol. The fraction of sp³-hybridized carbons (Fsp3) is 0.615. The van der Waals surface area contributed by atoms with Gasteiger partial charge < -0.3 is 20.3 Å². The molecule has 20 heavy (non-hydrogen) atoms. The Bertz CT molecular complexity index is 452. The first kappa shape index (κ1) is 14.4. The number of carbonyl (C=O) groups excluding carboxylic acids is 1. The second kappa shape index (κ2) is 6.40. The molecule has 2 heterocycles. The Morgan fingerprint density at radius 2 is 2.25 bits per heavy atom. The number of carbonyl (C=O) groups is 2. The third-order valence-corrected chi connectivity index (χ3v) is 3.63. The van der Waals surface area contributed by atoms with E-state index in [0.29, 0.717) is 13.1 Å². The molecule has 1 aliphatic heterocycles. The van der Waals surface area contributed by atoms with Crippen molar-refractivity contribution in [3.05, 3.63) is 18.2 Å². The number of likely N-dealkylation sites (tertiary alicyclic amines) is 1. The number of hydrogen-bond donors (Lipinski definition) is 3. The second-order valence-corrected chi connectivity index (χ2v) is 5.17. The van der Waals surface area contributed by atoms with E-state index in [9.17, 15) is 9.59 Å². The number of rotatable bonds is 4. The van der Waals surface area contributed by atoms with Crippen LogP contribution in [0.1, 0.15) is 38.1 Å². The van der Waals surface area contributed by atoms with Gasteiger partial charge in [0.25, 0.3) is 0 Å². The summed E-state index contributed by atoms with van der Waals surface area (Å²) >= 11 is 0. The minimum Gasteiger partial charge on any atom is -0.481 e. The largest absolute Gasteiger partial charge is 0.481 e. The van der Waals surface area contributed by atoms with Crippen LogP contribution in [0.5, 0.6) is 0 Å². The van der Waals surface area contributed by atoms with Crippen LogP contribution in [0, 0.1) is 5.92 Å². The number of aliphatic carboxylic acids is 1. The van der Waals surface area contributed by atoms with Crippen LogP contribution in [-0.4, -0.2) is 45.1 Å². The Morgan fingerprint density at radius 1 is 1.55 bits per heavy atom. The van der Waals surface area contributed by atoms with E-state index in [1.807, 2.05) is 6.92 Å². The van der Waals surface area contributed by atoms with Crippen LogP contribution in [0.25, 0.3) is 0 Å². The van der Waals surface area contributed by atoms with Crippen LogP contribution in [0.3, 0.4) is 0 Å². The highest BCUT2D eigenvalue weighted by atomic mass is 16.4. The summed E-state index contributed by atoms with van der Waals surface area (Å²) in [5.74, 6) is 0.137. The number of carboxylic acids is 1. The van der Waals surface area contributed by atoms with Crippen molar-refractivity contribution in [3.8, 4) is 0 Å². The van der Waals surface area contributed by atoms with Crippen molar-refractivity contribution < 1.29 is 14.7 Å². The molecule has 0 spiro atoms. The number of carboxylic acid groups (broad SMARTS) is 1. The molecule has 1 fully saturated rings. The average Bonchev–Trinajstić information content (AvgIpc) is 2.92. The van der Waals surface area contributed by atoms with E-state index in [4.69, 9.17) is 5.11 Å². The second-order valence-electron chi connectivity index (χ2n) is 5.17. The quantitative estimate of drug-likeness (QED) is 0.775. The van der Waals surface area contributed by atoms with Crippen LogP contribution in [0.15, 0.2) is 12.4 Å². The number of imidazole rings is 1. The normalized spacial score (nSPS) is 17.8. The van der Waals surface area contributed by atoms with E-state index in [1.165, 1.54) is 0 Å². The summed E-state index contributed by atoms with van der Waals surface area (Å²) in [6.45, 7) is 3.08. The lowest BCUT2D eigenvalue weighted by Crippen LogP contribution is -2.45. The van der Waals surface area contributed by atoms with E-state index in [1.54, 1.807) is 17.3 Å². The van der Waals surface area contributed by atoms with Crippen molar-refractivity contribution in [2.75, 3.05) is 13.1 Å². The summed E-state index contributed by atoms with van der Waals surface area (Å²) in [5.41, 5.74) is 0.